The molecule has 0 N–H and O–H groups in total. The van der Waals surface area contributed by atoms with Crippen LogP contribution < -0.4 is 19.3 Å². The van der Waals surface area contributed by atoms with E-state index in [0.29, 0.717) is 27.8 Å². The predicted octanol–water partition coefficient (Wildman–Crippen LogP) is 4.78. The maximum absolute atomic E-state index is 13.7. The summed E-state index contributed by atoms with van der Waals surface area (Å²) in [6.45, 7) is 0. The molecule has 4 rings (SSSR count). The second kappa shape index (κ2) is 8.77. The minimum atomic E-state index is -0.460. The molecule has 0 saturated carbocycles. The van der Waals surface area contributed by atoms with Crippen LogP contribution in [0.3, 0.4) is 0 Å². The lowest BCUT2D eigenvalue weighted by Gasteiger charge is -2.22. The topological polar surface area (TPSA) is 59.1 Å². The van der Waals surface area contributed by atoms with E-state index < -0.39 is 11.8 Å². The monoisotopic (exact) mass is 448 g/mol. The fourth-order valence-corrected chi connectivity index (χ4v) is 3.80. The number of nitrogens with zero attached hydrogens (tertiary/aromatic N) is 2. The Morgan fingerprint density at radius 3 is 2.16 bits per heavy atom. The molecule has 1 aliphatic heterocycles. The van der Waals surface area contributed by atoms with Crippen LogP contribution in [0.4, 0.5) is 11.4 Å². The van der Waals surface area contributed by atoms with Crippen molar-refractivity contribution in [1.82, 2.24) is 0 Å². The van der Waals surface area contributed by atoms with Crippen molar-refractivity contribution in [2.75, 3.05) is 31.1 Å². The van der Waals surface area contributed by atoms with Crippen molar-refractivity contribution in [3.05, 3.63) is 89.1 Å². The second-order valence-electron chi connectivity index (χ2n) is 7.11. The second-order valence-corrected chi connectivity index (χ2v) is 7.54. The summed E-state index contributed by atoms with van der Waals surface area (Å²) in [5, 5.41) is 0.537. The van der Waals surface area contributed by atoms with Crippen molar-refractivity contribution in [1.29, 1.82) is 0 Å². The van der Waals surface area contributed by atoms with Crippen LogP contribution in [0.15, 0.2) is 78.5 Å². The summed E-state index contributed by atoms with van der Waals surface area (Å²) >= 11 is 6.06. The van der Waals surface area contributed by atoms with Gasteiger partial charge < -0.3 is 14.4 Å². The molecule has 0 unspecified atom stereocenters. The number of carbonyl (C=O) groups excluding carboxylic acids is 2. The van der Waals surface area contributed by atoms with E-state index in [9.17, 15) is 9.59 Å². The van der Waals surface area contributed by atoms with E-state index in [-0.39, 0.29) is 11.3 Å². The Bertz CT molecular complexity index is 1210. The quantitative estimate of drug-likeness (QED) is 0.508. The lowest BCUT2D eigenvalue weighted by Crippen LogP contribution is -2.34. The molecule has 1 aliphatic rings. The number of hydrogen-bond donors (Lipinski definition) is 0. The van der Waals surface area contributed by atoms with Crippen LogP contribution in [0.5, 0.6) is 11.5 Å². The Morgan fingerprint density at radius 1 is 0.844 bits per heavy atom. The summed E-state index contributed by atoms with van der Waals surface area (Å²) in [6, 6.07) is 21.2. The number of anilines is 2. The van der Waals surface area contributed by atoms with Gasteiger partial charge in [-0.2, -0.15) is 0 Å². The number of hydrogen-bond acceptors (Lipinski definition) is 5. The standard InChI is InChI=1S/C25H21ClN2O4/c1-27(18-7-5-4-6-8-18)23-22(16-9-11-17(26)12-10-16)24(29)28(25(23)30)20-15-19(31-2)13-14-21(20)32-3/h4-15H,1-3H3. The van der Waals surface area contributed by atoms with Gasteiger partial charge in [0.25, 0.3) is 11.8 Å². The van der Waals surface area contributed by atoms with Gasteiger partial charge in [0.15, 0.2) is 0 Å². The number of halogens is 1. The summed E-state index contributed by atoms with van der Waals surface area (Å²) in [7, 11) is 4.77. The Labute approximate surface area is 191 Å². The Morgan fingerprint density at radius 2 is 1.53 bits per heavy atom. The molecule has 3 aromatic carbocycles. The van der Waals surface area contributed by atoms with E-state index in [4.69, 9.17) is 21.1 Å². The van der Waals surface area contributed by atoms with Gasteiger partial charge in [0.2, 0.25) is 0 Å². The summed E-state index contributed by atoms with van der Waals surface area (Å²) in [5.41, 5.74) is 2.21. The Kier molecular flexibility index (Phi) is 5.88. The first-order chi connectivity index (χ1) is 15.5. The molecular weight excluding hydrogens is 428 g/mol. The molecule has 0 spiro atoms. The fourth-order valence-electron chi connectivity index (χ4n) is 3.68. The maximum atomic E-state index is 13.7. The predicted molar refractivity (Wildman–Crippen MR) is 125 cm³/mol. The first-order valence-electron chi connectivity index (χ1n) is 9.86. The highest BCUT2D eigenvalue weighted by Gasteiger charge is 2.43. The van der Waals surface area contributed by atoms with Crippen LogP contribution >= 0.6 is 11.6 Å². The SMILES string of the molecule is COc1ccc(OC)c(N2C(=O)C(c3ccc(Cl)cc3)=C(N(C)c3ccccc3)C2=O)c1. The molecule has 0 atom stereocenters. The van der Waals surface area contributed by atoms with Gasteiger partial charge in [0, 0.05) is 23.8 Å². The van der Waals surface area contributed by atoms with Crippen molar-refractivity contribution in [2.45, 2.75) is 0 Å². The van der Waals surface area contributed by atoms with Gasteiger partial charge in [-0.3, -0.25) is 9.59 Å². The summed E-state index contributed by atoms with van der Waals surface area (Å²) in [6.07, 6.45) is 0. The highest BCUT2D eigenvalue weighted by atomic mass is 35.5. The van der Waals surface area contributed by atoms with Crippen molar-refractivity contribution < 1.29 is 19.1 Å². The van der Waals surface area contributed by atoms with Gasteiger partial charge >= 0.3 is 0 Å². The molecule has 0 aromatic heterocycles. The maximum Gasteiger partial charge on any atom is 0.282 e. The molecular formula is C25H21ClN2O4. The number of para-hydroxylation sites is 1. The molecule has 7 heteroatoms. The van der Waals surface area contributed by atoms with Crippen LogP contribution in [-0.4, -0.2) is 33.1 Å². The summed E-state index contributed by atoms with van der Waals surface area (Å²) in [4.78, 5) is 30.3. The Balaban J connectivity index is 1.90. The summed E-state index contributed by atoms with van der Waals surface area (Å²) in [5.74, 6) is -0.0367. The molecule has 2 amide bonds. The molecule has 3 aromatic rings. The first-order valence-corrected chi connectivity index (χ1v) is 10.2. The van der Waals surface area contributed by atoms with Crippen LogP contribution in [0.1, 0.15) is 5.56 Å². The van der Waals surface area contributed by atoms with Gasteiger partial charge in [0.05, 0.1) is 25.5 Å². The third-order valence-corrected chi connectivity index (χ3v) is 5.55. The van der Waals surface area contributed by atoms with Crippen molar-refractivity contribution in [2.24, 2.45) is 0 Å². The Hall–Kier alpha value is -3.77. The smallest absolute Gasteiger partial charge is 0.282 e. The zero-order chi connectivity index (χ0) is 22.8. The minimum absolute atomic E-state index is 0.258. The molecule has 1 heterocycles. The largest absolute Gasteiger partial charge is 0.497 e. The molecule has 32 heavy (non-hydrogen) atoms. The van der Waals surface area contributed by atoms with Gasteiger partial charge in [-0.15, -0.1) is 0 Å². The van der Waals surface area contributed by atoms with Crippen LogP contribution in [0.2, 0.25) is 5.02 Å². The number of ether oxygens (including phenoxy) is 2. The average molecular weight is 449 g/mol. The molecule has 6 nitrogen and oxygen atoms in total. The lowest BCUT2D eigenvalue weighted by molar-refractivity contribution is -0.120. The molecule has 0 bridgehead atoms. The number of carbonyl (C=O) groups is 2. The first kappa shape index (κ1) is 21.5. The van der Waals surface area contributed by atoms with Gasteiger partial charge in [-0.1, -0.05) is 41.9 Å². The zero-order valence-corrected chi connectivity index (χ0v) is 18.6. The van der Waals surface area contributed by atoms with E-state index in [1.807, 2.05) is 30.3 Å². The van der Waals surface area contributed by atoms with Crippen LogP contribution in [0.25, 0.3) is 5.57 Å². The third kappa shape index (κ3) is 3.69. The third-order valence-electron chi connectivity index (χ3n) is 5.30. The molecule has 0 radical (unpaired) electrons. The molecule has 162 valence electrons. The number of benzene rings is 3. The van der Waals surface area contributed by atoms with Gasteiger partial charge in [-0.25, -0.2) is 4.90 Å². The van der Waals surface area contributed by atoms with E-state index in [2.05, 4.69) is 0 Å². The lowest BCUT2D eigenvalue weighted by atomic mass is 10.0. The molecule has 0 aliphatic carbocycles. The van der Waals surface area contributed by atoms with Crippen molar-refractivity contribution >= 4 is 40.4 Å². The number of likely N-dealkylation sites (N-methyl/N-ethyl adjacent to an activating group) is 1. The number of imide groups is 1. The zero-order valence-electron chi connectivity index (χ0n) is 17.8. The minimum Gasteiger partial charge on any atom is -0.497 e. The van der Waals surface area contributed by atoms with Crippen LogP contribution in [-0.2, 0) is 9.59 Å². The number of rotatable bonds is 6. The number of methoxy groups -OCH3 is 2. The van der Waals surface area contributed by atoms with Crippen molar-refractivity contribution in [3.63, 3.8) is 0 Å². The van der Waals surface area contributed by atoms with Gasteiger partial charge in [-0.05, 0) is 42.0 Å². The van der Waals surface area contributed by atoms with E-state index in [1.54, 1.807) is 54.4 Å². The fraction of sp³-hybridized carbons (Fsp3) is 0.120. The molecule has 0 saturated heterocycles. The van der Waals surface area contributed by atoms with E-state index >= 15 is 0 Å². The molecule has 0 fully saturated rings. The van der Waals surface area contributed by atoms with Crippen LogP contribution in [0, 0.1) is 0 Å². The van der Waals surface area contributed by atoms with Crippen molar-refractivity contribution in [3.8, 4) is 11.5 Å². The van der Waals surface area contributed by atoms with E-state index in [0.717, 1.165) is 10.6 Å². The number of amides is 2. The van der Waals surface area contributed by atoms with Gasteiger partial charge in [0.1, 0.15) is 17.2 Å². The van der Waals surface area contributed by atoms with E-state index in [1.165, 1.54) is 14.2 Å². The highest BCUT2D eigenvalue weighted by Crippen LogP contribution is 2.41. The highest BCUT2D eigenvalue weighted by molar-refractivity contribution is 6.46. The average Bonchev–Trinajstić information content (AvgIpc) is 3.09. The summed E-state index contributed by atoms with van der Waals surface area (Å²) < 4.78 is 10.7. The normalized spacial score (nSPS) is 13.6.